The summed E-state index contributed by atoms with van der Waals surface area (Å²) in [6, 6.07) is 5.77. The lowest BCUT2D eigenvalue weighted by Crippen LogP contribution is -2.45. The number of nitrogens with one attached hydrogen (secondary N) is 3. The first-order valence-corrected chi connectivity index (χ1v) is 13.3. The molecule has 0 saturated carbocycles. The van der Waals surface area contributed by atoms with E-state index in [1.54, 1.807) is 12.1 Å². The van der Waals surface area contributed by atoms with E-state index in [-0.39, 0.29) is 48.9 Å². The fraction of sp³-hybridized carbons (Fsp3) is 0.556. The molecule has 1 aliphatic carbocycles. The molecule has 0 radical (unpaired) electrons. The van der Waals surface area contributed by atoms with Gasteiger partial charge in [0.05, 0.1) is 36.3 Å². The molecule has 39 heavy (non-hydrogen) atoms. The largest absolute Gasteiger partial charge is 0.416 e. The van der Waals surface area contributed by atoms with Crippen molar-refractivity contribution < 1.29 is 31.8 Å². The van der Waals surface area contributed by atoms with Crippen LogP contribution >= 0.6 is 0 Å². The van der Waals surface area contributed by atoms with Crippen LogP contribution in [0.5, 0.6) is 0 Å². The number of nitrogens with zero attached hydrogens (tertiary/aromatic N) is 2. The summed E-state index contributed by atoms with van der Waals surface area (Å²) < 4.78 is 64.6. The highest BCUT2D eigenvalue weighted by Gasteiger charge is 2.40. The zero-order valence-electron chi connectivity index (χ0n) is 21.4. The van der Waals surface area contributed by atoms with Gasteiger partial charge < -0.3 is 20.2 Å². The molecule has 4 aliphatic rings. The molecule has 3 heterocycles. The van der Waals surface area contributed by atoms with Crippen LogP contribution in [0.25, 0.3) is 0 Å². The quantitative estimate of drug-likeness (QED) is 0.452. The molecule has 0 spiro atoms. The van der Waals surface area contributed by atoms with E-state index in [1.165, 1.54) is 18.2 Å². The van der Waals surface area contributed by atoms with Gasteiger partial charge in [0, 0.05) is 32.3 Å². The van der Waals surface area contributed by atoms with Gasteiger partial charge in [-0.15, -0.1) is 0 Å². The highest BCUT2D eigenvalue weighted by Crippen LogP contribution is 2.32. The summed E-state index contributed by atoms with van der Waals surface area (Å²) >= 11 is 0. The maximum Gasteiger partial charge on any atom is 0.416 e. The number of carbonyl (C=O) groups is 1. The normalized spacial score (nSPS) is 30.5. The molecule has 12 heteroatoms. The minimum absolute atomic E-state index is 0.232. The molecule has 4 unspecified atom stereocenters. The molecule has 0 bridgehead atoms. The van der Waals surface area contributed by atoms with E-state index >= 15 is 0 Å². The first-order valence-electron chi connectivity index (χ1n) is 13.3. The number of benzene rings is 1. The average molecular weight is 552 g/mol. The van der Waals surface area contributed by atoms with Gasteiger partial charge in [0.2, 0.25) is 5.91 Å². The Labute approximate surface area is 224 Å². The maximum atomic E-state index is 13.3. The van der Waals surface area contributed by atoms with E-state index < -0.39 is 17.7 Å². The predicted octanol–water partition coefficient (Wildman–Crippen LogP) is 2.63. The Morgan fingerprint density at radius 3 is 2.79 bits per heavy atom. The Morgan fingerprint density at radius 1 is 1.18 bits per heavy atom. The van der Waals surface area contributed by atoms with E-state index in [1.807, 2.05) is 0 Å². The topological polar surface area (TPSA) is 87.2 Å². The number of ether oxygens (including phenoxy) is 2. The lowest BCUT2D eigenvalue weighted by Gasteiger charge is -2.26. The third-order valence-corrected chi connectivity index (χ3v) is 7.59. The van der Waals surface area contributed by atoms with Gasteiger partial charge in [-0.1, -0.05) is 30.4 Å². The summed E-state index contributed by atoms with van der Waals surface area (Å²) in [6.45, 7) is 2.73. The number of carbonyl (C=O) groups excluding carboxylic acids is 1. The van der Waals surface area contributed by atoms with Crippen molar-refractivity contribution in [3.8, 4) is 0 Å². The number of alkyl halides is 3. The number of rotatable bonds is 7. The van der Waals surface area contributed by atoms with Crippen LogP contribution in [-0.2, 0) is 20.9 Å². The first-order chi connectivity index (χ1) is 18.8. The molecule has 1 aromatic rings. The average Bonchev–Trinajstić information content (AvgIpc) is 3.39. The minimum Gasteiger partial charge on any atom is -0.381 e. The second kappa shape index (κ2) is 12.2. The van der Waals surface area contributed by atoms with E-state index in [0.29, 0.717) is 25.7 Å². The summed E-state index contributed by atoms with van der Waals surface area (Å²) in [5.41, 5.74) is 5.80. The predicted molar refractivity (Wildman–Crippen MR) is 136 cm³/mol. The van der Waals surface area contributed by atoms with Crippen molar-refractivity contribution in [1.82, 2.24) is 21.1 Å². The van der Waals surface area contributed by atoms with Crippen LogP contribution in [0.2, 0.25) is 0 Å². The zero-order valence-corrected chi connectivity index (χ0v) is 21.4. The Hall–Kier alpha value is -2.80. The van der Waals surface area contributed by atoms with Crippen LogP contribution in [-0.4, -0.2) is 79.9 Å². The van der Waals surface area contributed by atoms with Crippen molar-refractivity contribution in [3.63, 3.8) is 0 Å². The molecule has 3 fully saturated rings. The molecule has 0 aromatic heterocycles. The van der Waals surface area contributed by atoms with Crippen molar-refractivity contribution in [1.29, 1.82) is 0 Å². The lowest BCUT2D eigenvalue weighted by atomic mass is 9.92. The fourth-order valence-electron chi connectivity index (χ4n) is 5.50. The summed E-state index contributed by atoms with van der Waals surface area (Å²) in [4.78, 5) is 19.5. The van der Waals surface area contributed by atoms with Crippen LogP contribution in [0, 0.1) is 11.7 Å². The molecular formula is C27H33F4N5O3. The molecule has 3 N–H and O–H groups in total. The standard InChI is InChI=1S/C27H33F4N5O3/c28-19-6-3-17(4-7-19)16-39-24-15-36(20-2-1-10-38-11-9-20)14-23(24)33-25(37)13-32-26-21-12-18(27(29,30)31)5-8-22(21)34-35-26/h3-8,12,20-24,34H,1-2,9-11,13-16H2,(H,32,35)(H,33,37)/t20?,21?,22?,23?,24-/m0/s1. The van der Waals surface area contributed by atoms with Crippen molar-refractivity contribution in [2.45, 2.75) is 56.3 Å². The smallest absolute Gasteiger partial charge is 0.381 e. The summed E-state index contributed by atoms with van der Waals surface area (Å²) in [7, 11) is 0. The molecule has 212 valence electrons. The highest BCUT2D eigenvalue weighted by molar-refractivity contribution is 5.91. The van der Waals surface area contributed by atoms with Gasteiger partial charge in [-0.25, -0.2) is 9.82 Å². The Kier molecular flexibility index (Phi) is 8.65. The van der Waals surface area contributed by atoms with Gasteiger partial charge in [-0.2, -0.15) is 13.2 Å². The molecule has 3 aliphatic heterocycles. The number of fused-ring (bicyclic) bond motifs is 1. The molecule has 1 amide bonds. The summed E-state index contributed by atoms with van der Waals surface area (Å²) in [5, 5.41) is 3.03. The van der Waals surface area contributed by atoms with Crippen LogP contribution in [0.15, 0.2) is 53.1 Å². The second-order valence-electron chi connectivity index (χ2n) is 10.3. The number of hydrazine groups is 1. The van der Waals surface area contributed by atoms with Crippen LogP contribution in [0.4, 0.5) is 17.6 Å². The Balaban J connectivity index is 1.22. The SMILES string of the molecule is O=C(CN=C1NNC2C=CC(C(F)(F)F)=CC12)NC1CN(C2CCCOCC2)C[C@@H]1OCc1ccc(F)cc1. The third kappa shape index (κ3) is 7.05. The maximum absolute atomic E-state index is 13.3. The number of halogens is 4. The van der Waals surface area contributed by atoms with Crippen molar-refractivity contribution in [2.75, 3.05) is 32.8 Å². The molecule has 8 nitrogen and oxygen atoms in total. The third-order valence-electron chi connectivity index (χ3n) is 7.59. The van der Waals surface area contributed by atoms with Gasteiger partial charge in [0.25, 0.3) is 0 Å². The number of allylic oxidation sites excluding steroid dienone is 2. The Morgan fingerprint density at radius 2 is 2.00 bits per heavy atom. The van der Waals surface area contributed by atoms with E-state index in [2.05, 4.69) is 26.1 Å². The van der Waals surface area contributed by atoms with Crippen LogP contribution in [0.1, 0.15) is 24.8 Å². The van der Waals surface area contributed by atoms with Crippen molar-refractivity contribution >= 4 is 11.7 Å². The lowest BCUT2D eigenvalue weighted by molar-refractivity contribution is -0.121. The van der Waals surface area contributed by atoms with Gasteiger partial charge >= 0.3 is 6.18 Å². The van der Waals surface area contributed by atoms with E-state index in [0.717, 1.165) is 43.6 Å². The number of likely N-dealkylation sites (tertiary alicyclic amines) is 1. The number of amides is 1. The van der Waals surface area contributed by atoms with Gasteiger partial charge in [-0.3, -0.25) is 14.7 Å². The number of aliphatic imine (C=N–C) groups is 1. The van der Waals surface area contributed by atoms with Crippen LogP contribution < -0.4 is 16.2 Å². The minimum atomic E-state index is -4.45. The Bertz CT molecular complexity index is 1100. The van der Waals surface area contributed by atoms with Crippen LogP contribution in [0.3, 0.4) is 0 Å². The second-order valence-corrected chi connectivity index (χ2v) is 10.3. The first kappa shape index (κ1) is 27.8. The molecule has 5 rings (SSSR count). The molecule has 1 aromatic carbocycles. The number of hydrogen-bond donors (Lipinski definition) is 3. The molecule has 5 atom stereocenters. The van der Waals surface area contributed by atoms with Gasteiger partial charge in [0.15, 0.2) is 0 Å². The fourth-order valence-corrected chi connectivity index (χ4v) is 5.50. The molecular weight excluding hydrogens is 518 g/mol. The van der Waals surface area contributed by atoms with E-state index in [9.17, 15) is 22.4 Å². The van der Waals surface area contributed by atoms with Crippen molar-refractivity contribution in [3.05, 3.63) is 59.4 Å². The number of hydrogen-bond acceptors (Lipinski definition) is 6. The van der Waals surface area contributed by atoms with Gasteiger partial charge in [0.1, 0.15) is 18.2 Å². The number of amidine groups is 1. The zero-order chi connectivity index (χ0) is 27.4. The highest BCUT2D eigenvalue weighted by atomic mass is 19.4. The molecule has 3 saturated heterocycles. The monoisotopic (exact) mass is 551 g/mol. The summed E-state index contributed by atoms with van der Waals surface area (Å²) in [5.74, 6) is -1.01. The van der Waals surface area contributed by atoms with Gasteiger partial charge in [-0.05, 0) is 37.0 Å². The van der Waals surface area contributed by atoms with E-state index in [4.69, 9.17) is 9.47 Å². The summed E-state index contributed by atoms with van der Waals surface area (Å²) in [6.07, 6.45) is 1.75. The van der Waals surface area contributed by atoms with Crippen molar-refractivity contribution in [2.24, 2.45) is 10.9 Å².